The van der Waals surface area contributed by atoms with Gasteiger partial charge in [-0.3, -0.25) is 4.79 Å². The van der Waals surface area contributed by atoms with Gasteiger partial charge in [0.1, 0.15) is 10.6 Å². The quantitative estimate of drug-likeness (QED) is 0.711. The van der Waals surface area contributed by atoms with Gasteiger partial charge in [0, 0.05) is 18.3 Å². The largest absolute Gasteiger partial charge is 0.495 e. The van der Waals surface area contributed by atoms with Crippen LogP contribution in [0.3, 0.4) is 0 Å². The second kappa shape index (κ2) is 7.08. The first-order chi connectivity index (χ1) is 11.5. The minimum Gasteiger partial charge on any atom is -0.495 e. The SMILES string of the molecule is COc1ccc(NC(=O)C2CCCNC2)cc1S(=O)(=O)NC1CC1. The molecular formula is C16H23N3O4S. The van der Waals surface area contributed by atoms with Gasteiger partial charge < -0.3 is 15.4 Å². The molecule has 1 amide bonds. The summed E-state index contributed by atoms with van der Waals surface area (Å²) in [5.74, 6) is 0.0804. The van der Waals surface area contributed by atoms with E-state index < -0.39 is 10.0 Å². The zero-order valence-electron chi connectivity index (χ0n) is 13.7. The highest BCUT2D eigenvalue weighted by Crippen LogP contribution is 2.30. The van der Waals surface area contributed by atoms with E-state index in [-0.39, 0.29) is 28.5 Å². The van der Waals surface area contributed by atoms with Crippen LogP contribution in [0, 0.1) is 5.92 Å². The lowest BCUT2D eigenvalue weighted by Crippen LogP contribution is -2.37. The number of rotatable bonds is 6. The molecule has 8 heteroatoms. The predicted octanol–water partition coefficient (Wildman–Crippen LogP) is 1.07. The van der Waals surface area contributed by atoms with Crippen molar-refractivity contribution in [3.63, 3.8) is 0 Å². The number of carbonyl (C=O) groups excluding carboxylic acids is 1. The van der Waals surface area contributed by atoms with Gasteiger partial charge in [0.05, 0.1) is 13.0 Å². The van der Waals surface area contributed by atoms with Gasteiger partial charge >= 0.3 is 0 Å². The molecule has 1 aromatic carbocycles. The van der Waals surface area contributed by atoms with Crippen molar-refractivity contribution in [3.05, 3.63) is 18.2 Å². The molecule has 24 heavy (non-hydrogen) atoms. The van der Waals surface area contributed by atoms with Gasteiger partial charge in [-0.1, -0.05) is 0 Å². The second-order valence-corrected chi connectivity index (χ2v) is 7.98. The third-order valence-corrected chi connectivity index (χ3v) is 5.83. The minimum absolute atomic E-state index is 0.00580. The molecule has 3 N–H and O–H groups in total. The van der Waals surface area contributed by atoms with Gasteiger partial charge in [0.15, 0.2) is 0 Å². The average Bonchev–Trinajstić information content (AvgIpc) is 3.39. The molecule has 0 aromatic heterocycles. The topological polar surface area (TPSA) is 96.5 Å². The number of carbonyl (C=O) groups is 1. The molecule has 0 radical (unpaired) electrons. The maximum atomic E-state index is 12.5. The summed E-state index contributed by atoms with van der Waals surface area (Å²) in [6.07, 6.45) is 3.51. The monoisotopic (exact) mass is 353 g/mol. The van der Waals surface area contributed by atoms with Crippen LogP contribution in [-0.2, 0) is 14.8 Å². The van der Waals surface area contributed by atoms with Crippen molar-refractivity contribution >= 4 is 21.6 Å². The van der Waals surface area contributed by atoms with E-state index in [1.807, 2.05) is 0 Å². The smallest absolute Gasteiger partial charge is 0.244 e. The Morgan fingerprint density at radius 2 is 2.08 bits per heavy atom. The molecule has 1 heterocycles. The van der Waals surface area contributed by atoms with Crippen molar-refractivity contribution in [2.75, 3.05) is 25.5 Å². The van der Waals surface area contributed by atoms with E-state index in [4.69, 9.17) is 4.74 Å². The lowest BCUT2D eigenvalue weighted by molar-refractivity contribution is -0.120. The van der Waals surface area contributed by atoms with E-state index in [1.54, 1.807) is 12.1 Å². The highest BCUT2D eigenvalue weighted by molar-refractivity contribution is 7.89. The molecular weight excluding hydrogens is 330 g/mol. The molecule has 1 saturated carbocycles. The van der Waals surface area contributed by atoms with E-state index >= 15 is 0 Å². The van der Waals surface area contributed by atoms with Crippen LogP contribution in [0.4, 0.5) is 5.69 Å². The molecule has 3 rings (SSSR count). The first kappa shape index (κ1) is 17.2. The molecule has 1 atom stereocenters. The summed E-state index contributed by atoms with van der Waals surface area (Å²) < 4.78 is 32.8. The van der Waals surface area contributed by atoms with Crippen molar-refractivity contribution in [3.8, 4) is 5.75 Å². The molecule has 2 fully saturated rings. The van der Waals surface area contributed by atoms with Gasteiger partial charge in [-0.2, -0.15) is 0 Å². The van der Waals surface area contributed by atoms with Crippen LogP contribution in [0.25, 0.3) is 0 Å². The van der Waals surface area contributed by atoms with E-state index in [1.165, 1.54) is 13.2 Å². The molecule has 1 unspecified atom stereocenters. The fraction of sp³-hybridized carbons (Fsp3) is 0.562. The van der Waals surface area contributed by atoms with Crippen LogP contribution >= 0.6 is 0 Å². The second-order valence-electron chi connectivity index (χ2n) is 6.29. The van der Waals surface area contributed by atoms with Crippen LogP contribution < -0.4 is 20.1 Å². The maximum absolute atomic E-state index is 12.5. The van der Waals surface area contributed by atoms with Crippen LogP contribution in [-0.4, -0.2) is 40.6 Å². The van der Waals surface area contributed by atoms with Gasteiger partial charge in [0.25, 0.3) is 0 Å². The molecule has 1 aliphatic heterocycles. The summed E-state index contributed by atoms with van der Waals surface area (Å²) in [4.78, 5) is 12.4. The highest BCUT2D eigenvalue weighted by Gasteiger charge is 2.30. The van der Waals surface area contributed by atoms with Crippen molar-refractivity contribution in [1.82, 2.24) is 10.0 Å². The van der Waals surface area contributed by atoms with Crippen LogP contribution in [0.15, 0.2) is 23.1 Å². The first-order valence-corrected chi connectivity index (χ1v) is 9.70. The Morgan fingerprint density at radius 3 is 2.71 bits per heavy atom. The number of ether oxygens (including phenoxy) is 1. The van der Waals surface area contributed by atoms with Gasteiger partial charge in [0.2, 0.25) is 15.9 Å². The molecule has 132 valence electrons. The van der Waals surface area contributed by atoms with Crippen molar-refractivity contribution < 1.29 is 17.9 Å². The van der Waals surface area contributed by atoms with Crippen LogP contribution in [0.5, 0.6) is 5.75 Å². The van der Waals surface area contributed by atoms with Crippen molar-refractivity contribution in [2.45, 2.75) is 36.6 Å². The maximum Gasteiger partial charge on any atom is 0.244 e. The Morgan fingerprint density at radius 1 is 1.29 bits per heavy atom. The first-order valence-electron chi connectivity index (χ1n) is 8.21. The summed E-state index contributed by atoms with van der Waals surface area (Å²) in [5.41, 5.74) is 0.461. The Labute approximate surface area is 142 Å². The number of sulfonamides is 1. The fourth-order valence-corrected chi connectivity index (χ4v) is 4.27. The normalized spacial score (nSPS) is 21.3. The number of piperidine rings is 1. The van der Waals surface area contributed by atoms with Crippen LogP contribution in [0.2, 0.25) is 0 Å². The summed E-state index contributed by atoms with van der Waals surface area (Å²) in [7, 11) is -2.23. The molecule has 7 nitrogen and oxygen atoms in total. The molecule has 1 aromatic rings. The van der Waals surface area contributed by atoms with Crippen LogP contribution in [0.1, 0.15) is 25.7 Å². The summed E-state index contributed by atoms with van der Waals surface area (Å²) >= 11 is 0. The summed E-state index contributed by atoms with van der Waals surface area (Å²) in [5, 5.41) is 6.01. The average molecular weight is 353 g/mol. The van der Waals surface area contributed by atoms with E-state index in [0.717, 1.165) is 32.2 Å². The number of nitrogens with one attached hydrogen (secondary N) is 3. The molecule has 0 bridgehead atoms. The summed E-state index contributed by atoms with van der Waals surface area (Å²) in [6.45, 7) is 1.58. The van der Waals surface area contributed by atoms with E-state index in [0.29, 0.717) is 12.2 Å². The predicted molar refractivity (Wildman–Crippen MR) is 90.6 cm³/mol. The van der Waals surface area contributed by atoms with Gasteiger partial charge in [-0.15, -0.1) is 0 Å². The molecule has 1 saturated heterocycles. The van der Waals surface area contributed by atoms with Gasteiger partial charge in [-0.05, 0) is 50.4 Å². The minimum atomic E-state index is -3.66. The van der Waals surface area contributed by atoms with Crippen molar-refractivity contribution in [2.24, 2.45) is 5.92 Å². The molecule has 0 spiro atoms. The fourth-order valence-electron chi connectivity index (χ4n) is 2.77. The Bertz CT molecular complexity index is 710. The number of hydrogen-bond donors (Lipinski definition) is 3. The molecule has 1 aliphatic carbocycles. The Kier molecular flexibility index (Phi) is 5.07. The lowest BCUT2D eigenvalue weighted by atomic mass is 9.99. The third-order valence-electron chi connectivity index (χ3n) is 4.29. The molecule has 2 aliphatic rings. The van der Waals surface area contributed by atoms with Crippen molar-refractivity contribution in [1.29, 1.82) is 0 Å². The standard InChI is InChI=1S/C16H23N3O4S/c1-23-14-7-6-13(18-16(20)11-3-2-8-17-10-11)9-15(14)24(21,22)19-12-4-5-12/h6-7,9,11-12,17,19H,2-5,8,10H2,1H3,(H,18,20). The zero-order chi connectivity index (χ0) is 17.2. The lowest BCUT2D eigenvalue weighted by Gasteiger charge is -2.22. The number of benzene rings is 1. The highest BCUT2D eigenvalue weighted by atomic mass is 32.2. The Balaban J connectivity index is 1.79. The number of hydrogen-bond acceptors (Lipinski definition) is 5. The van der Waals surface area contributed by atoms with E-state index in [2.05, 4.69) is 15.4 Å². The summed E-state index contributed by atoms with van der Waals surface area (Å²) in [6, 6.07) is 4.68. The third kappa shape index (κ3) is 4.06. The Hall–Kier alpha value is -1.64. The number of methoxy groups -OCH3 is 1. The van der Waals surface area contributed by atoms with E-state index in [9.17, 15) is 13.2 Å². The zero-order valence-corrected chi connectivity index (χ0v) is 14.5. The number of anilines is 1. The number of amides is 1. The van der Waals surface area contributed by atoms with Gasteiger partial charge in [-0.25, -0.2) is 13.1 Å².